The van der Waals surface area contributed by atoms with Gasteiger partial charge in [-0.3, -0.25) is 4.98 Å². The molecule has 1 aromatic carbocycles. The van der Waals surface area contributed by atoms with Crippen molar-refractivity contribution >= 4 is 16.6 Å². The number of anilines is 1. The van der Waals surface area contributed by atoms with Crippen molar-refractivity contribution in [3.05, 3.63) is 42.2 Å². The van der Waals surface area contributed by atoms with Crippen LogP contribution < -0.4 is 5.32 Å². The molecule has 1 saturated carbocycles. The number of phenolic OH excluding ortho intramolecular Hbond substituents is 1. The molecular weight excluding hydrogens is 397 g/mol. The van der Waals surface area contributed by atoms with Crippen LogP contribution in [0.5, 0.6) is 5.75 Å². The molecule has 6 nitrogen and oxygen atoms in total. The van der Waals surface area contributed by atoms with Crippen molar-refractivity contribution in [3.8, 4) is 17.0 Å². The third kappa shape index (κ3) is 4.02. The van der Waals surface area contributed by atoms with Gasteiger partial charge in [0, 0.05) is 41.2 Å². The Hall–Kier alpha value is -2.94. The Morgan fingerprint density at radius 2 is 1.87 bits per heavy atom. The van der Waals surface area contributed by atoms with Crippen LogP contribution in [-0.2, 0) is 6.18 Å². The van der Waals surface area contributed by atoms with Crippen LogP contribution in [0.15, 0.2) is 36.7 Å². The van der Waals surface area contributed by atoms with E-state index in [9.17, 15) is 23.4 Å². The maximum Gasteiger partial charge on any atom is 0.416 e. The van der Waals surface area contributed by atoms with Crippen molar-refractivity contribution in [2.45, 2.75) is 38.0 Å². The Bertz CT molecular complexity index is 1060. The number of hydrogen-bond donors (Lipinski definition) is 3. The minimum atomic E-state index is -4.55. The van der Waals surface area contributed by atoms with Gasteiger partial charge in [0.1, 0.15) is 11.4 Å². The zero-order valence-corrected chi connectivity index (χ0v) is 16.0. The Morgan fingerprint density at radius 1 is 1.07 bits per heavy atom. The summed E-state index contributed by atoms with van der Waals surface area (Å²) in [4.78, 5) is 4.12. The summed E-state index contributed by atoms with van der Waals surface area (Å²) in [5.41, 5.74) is -0.519. The summed E-state index contributed by atoms with van der Waals surface area (Å²) >= 11 is 0. The number of pyridine rings is 1. The van der Waals surface area contributed by atoms with Crippen LogP contribution in [-0.4, -0.2) is 38.0 Å². The molecule has 30 heavy (non-hydrogen) atoms. The van der Waals surface area contributed by atoms with Gasteiger partial charge in [0.25, 0.3) is 0 Å². The van der Waals surface area contributed by atoms with Crippen LogP contribution >= 0.6 is 0 Å². The van der Waals surface area contributed by atoms with Crippen molar-refractivity contribution < 1.29 is 23.4 Å². The fourth-order valence-electron chi connectivity index (χ4n) is 3.89. The fourth-order valence-corrected chi connectivity index (χ4v) is 3.89. The summed E-state index contributed by atoms with van der Waals surface area (Å²) < 4.78 is 38.7. The Labute approximate surface area is 170 Å². The molecule has 0 amide bonds. The van der Waals surface area contributed by atoms with Crippen LogP contribution in [0.1, 0.15) is 31.2 Å². The van der Waals surface area contributed by atoms with Crippen molar-refractivity contribution in [1.29, 1.82) is 0 Å². The summed E-state index contributed by atoms with van der Waals surface area (Å²) in [5, 5.41) is 33.2. The monoisotopic (exact) mass is 418 g/mol. The number of aromatic hydroxyl groups is 1. The minimum absolute atomic E-state index is 0.117. The van der Waals surface area contributed by atoms with E-state index in [0.29, 0.717) is 29.2 Å². The maximum atomic E-state index is 12.9. The largest absolute Gasteiger partial charge is 0.507 e. The SMILES string of the molecule is Oc1cc(C(F)(F)F)ccc1-c1nnc(NC[C@H]2CCCC[C@@H]2O)c2cnccc12. The second kappa shape index (κ2) is 8.06. The van der Waals surface area contributed by atoms with Gasteiger partial charge >= 0.3 is 6.18 Å². The van der Waals surface area contributed by atoms with Gasteiger partial charge in [-0.1, -0.05) is 12.8 Å². The van der Waals surface area contributed by atoms with E-state index in [1.807, 2.05) is 0 Å². The number of nitrogens with one attached hydrogen (secondary N) is 1. The smallest absolute Gasteiger partial charge is 0.416 e. The number of nitrogens with zero attached hydrogens (tertiary/aromatic N) is 3. The summed E-state index contributed by atoms with van der Waals surface area (Å²) in [6, 6.07) is 4.45. The van der Waals surface area contributed by atoms with E-state index in [0.717, 1.165) is 31.7 Å². The molecule has 2 aromatic heterocycles. The van der Waals surface area contributed by atoms with E-state index in [1.165, 1.54) is 6.07 Å². The number of alkyl halides is 3. The molecule has 4 rings (SSSR count). The maximum absolute atomic E-state index is 12.9. The molecule has 1 aliphatic rings. The molecule has 0 unspecified atom stereocenters. The molecule has 0 bridgehead atoms. The molecule has 0 spiro atoms. The Morgan fingerprint density at radius 3 is 2.60 bits per heavy atom. The Balaban J connectivity index is 1.68. The van der Waals surface area contributed by atoms with E-state index in [-0.39, 0.29) is 23.3 Å². The summed E-state index contributed by atoms with van der Waals surface area (Å²) in [6.45, 7) is 0.532. The lowest BCUT2D eigenvalue weighted by molar-refractivity contribution is -0.137. The highest BCUT2D eigenvalue weighted by Crippen LogP contribution is 2.38. The Kier molecular flexibility index (Phi) is 5.46. The van der Waals surface area contributed by atoms with Gasteiger partial charge in [0.2, 0.25) is 0 Å². The summed E-state index contributed by atoms with van der Waals surface area (Å²) in [5.74, 6) is 0.0696. The number of aliphatic hydroxyl groups is 1. The first-order valence-electron chi connectivity index (χ1n) is 9.77. The lowest BCUT2D eigenvalue weighted by atomic mass is 9.86. The number of aromatic nitrogens is 3. The van der Waals surface area contributed by atoms with Crippen LogP contribution in [0, 0.1) is 5.92 Å². The molecule has 0 radical (unpaired) electrons. The molecule has 3 aromatic rings. The van der Waals surface area contributed by atoms with Gasteiger partial charge in [0.15, 0.2) is 5.82 Å². The van der Waals surface area contributed by atoms with Crippen LogP contribution in [0.25, 0.3) is 22.0 Å². The van der Waals surface area contributed by atoms with Gasteiger partial charge in [-0.2, -0.15) is 13.2 Å². The molecule has 0 saturated heterocycles. The van der Waals surface area contributed by atoms with E-state index in [2.05, 4.69) is 20.5 Å². The molecular formula is C21H21F3N4O2. The molecule has 3 N–H and O–H groups in total. The van der Waals surface area contributed by atoms with Gasteiger partial charge in [0.05, 0.1) is 11.7 Å². The lowest BCUT2D eigenvalue weighted by Gasteiger charge is -2.27. The highest BCUT2D eigenvalue weighted by molar-refractivity contribution is 6.00. The van der Waals surface area contributed by atoms with Gasteiger partial charge in [-0.15, -0.1) is 10.2 Å². The first kappa shape index (κ1) is 20.3. The van der Waals surface area contributed by atoms with E-state index < -0.39 is 17.5 Å². The number of halogens is 3. The fraction of sp³-hybridized carbons (Fsp3) is 0.381. The van der Waals surface area contributed by atoms with Crippen LogP contribution in [0.2, 0.25) is 0 Å². The highest BCUT2D eigenvalue weighted by atomic mass is 19.4. The number of phenols is 1. The lowest BCUT2D eigenvalue weighted by Crippen LogP contribution is -2.30. The normalized spacial score (nSPS) is 19.7. The van der Waals surface area contributed by atoms with Crippen molar-refractivity contribution in [3.63, 3.8) is 0 Å². The van der Waals surface area contributed by atoms with Gasteiger partial charge in [-0.25, -0.2) is 0 Å². The second-order valence-electron chi connectivity index (χ2n) is 7.54. The summed E-state index contributed by atoms with van der Waals surface area (Å²) in [6.07, 6.45) is 2.04. The van der Waals surface area contributed by atoms with Gasteiger partial charge in [-0.05, 0) is 37.1 Å². The van der Waals surface area contributed by atoms with Crippen LogP contribution in [0.3, 0.4) is 0 Å². The second-order valence-corrected chi connectivity index (χ2v) is 7.54. The van der Waals surface area contributed by atoms with E-state index >= 15 is 0 Å². The number of aliphatic hydroxyl groups excluding tert-OH is 1. The van der Waals surface area contributed by atoms with E-state index in [4.69, 9.17) is 0 Å². The molecule has 2 heterocycles. The number of fused-ring (bicyclic) bond motifs is 1. The average molecular weight is 418 g/mol. The zero-order chi connectivity index (χ0) is 21.3. The minimum Gasteiger partial charge on any atom is -0.507 e. The third-order valence-electron chi connectivity index (χ3n) is 5.56. The first-order chi connectivity index (χ1) is 14.3. The predicted octanol–water partition coefficient (Wildman–Crippen LogP) is 4.38. The highest BCUT2D eigenvalue weighted by Gasteiger charge is 2.31. The van der Waals surface area contributed by atoms with Gasteiger partial charge < -0.3 is 15.5 Å². The molecule has 0 aliphatic heterocycles. The molecule has 158 valence electrons. The predicted molar refractivity (Wildman–Crippen MR) is 106 cm³/mol. The number of rotatable bonds is 4. The third-order valence-corrected chi connectivity index (χ3v) is 5.56. The zero-order valence-electron chi connectivity index (χ0n) is 16.0. The van der Waals surface area contributed by atoms with E-state index in [1.54, 1.807) is 18.5 Å². The topological polar surface area (TPSA) is 91.2 Å². The van der Waals surface area contributed by atoms with Crippen molar-refractivity contribution in [1.82, 2.24) is 15.2 Å². The average Bonchev–Trinajstić information content (AvgIpc) is 2.72. The van der Waals surface area contributed by atoms with Crippen LogP contribution in [0.4, 0.5) is 19.0 Å². The molecule has 9 heteroatoms. The van der Waals surface area contributed by atoms with Crippen molar-refractivity contribution in [2.75, 3.05) is 11.9 Å². The number of benzene rings is 1. The molecule has 1 aliphatic carbocycles. The first-order valence-corrected chi connectivity index (χ1v) is 9.77. The standard InChI is InChI=1S/C21H21F3N4O2/c22-21(23,24)13-5-6-15(18(30)9-13)19-14-7-8-25-11-16(14)20(28-27-19)26-10-12-3-1-2-4-17(12)29/h5-9,11-12,17,29-30H,1-4,10H2,(H,26,28)/t12-,17+/m1/s1. The summed E-state index contributed by atoms with van der Waals surface area (Å²) in [7, 11) is 0. The quantitative estimate of drug-likeness (QED) is 0.583. The molecule has 2 atom stereocenters. The number of hydrogen-bond acceptors (Lipinski definition) is 6. The molecule has 1 fully saturated rings. The van der Waals surface area contributed by atoms with Crippen molar-refractivity contribution in [2.24, 2.45) is 5.92 Å².